The molecule has 2 aromatic rings. The van der Waals surface area contributed by atoms with Crippen molar-refractivity contribution >= 4 is 23.8 Å². The minimum atomic E-state index is 0.464. The molecule has 2 rings (SSSR count). The molecule has 0 N–H and O–H groups in total. The molecule has 112 valence electrons. The number of nitrogens with zero attached hydrogens (tertiary/aromatic N) is 1. The Hall–Kier alpha value is -1.60. The van der Waals surface area contributed by atoms with Crippen molar-refractivity contribution in [3.05, 3.63) is 64.4 Å². The average Bonchev–Trinajstić information content (AvgIpc) is 2.55. The van der Waals surface area contributed by atoms with E-state index in [0.717, 1.165) is 17.0 Å². The van der Waals surface area contributed by atoms with E-state index in [9.17, 15) is 0 Å². The summed E-state index contributed by atoms with van der Waals surface area (Å²) in [6.45, 7) is 8.40. The van der Waals surface area contributed by atoms with Crippen LogP contribution in [0.3, 0.4) is 0 Å². The topological polar surface area (TPSA) is 12.9 Å². The van der Waals surface area contributed by atoms with Crippen LogP contribution in [-0.2, 0) is 0 Å². The quantitative estimate of drug-likeness (QED) is 0.632. The molecule has 2 heteroatoms. The summed E-state index contributed by atoms with van der Waals surface area (Å²) in [5.74, 6) is 0.464. The fourth-order valence-corrected chi connectivity index (χ4v) is 2.45. The molecular weight excluding hydrogens is 278 g/mol. The lowest BCUT2D eigenvalue weighted by atomic mass is 9.93. The third kappa shape index (κ3) is 5.02. The minimum Gasteiger partial charge on any atom is -0.265 e. The van der Waals surface area contributed by atoms with Gasteiger partial charge in [-0.15, -0.1) is 0 Å². The van der Waals surface area contributed by atoms with Crippen LogP contribution in [0, 0.1) is 0 Å². The smallest absolute Gasteiger partial charge is 0.0446 e. The van der Waals surface area contributed by atoms with Crippen molar-refractivity contribution in [1.82, 2.24) is 4.98 Å². The third-order valence-corrected chi connectivity index (χ3v) is 3.68. The molecule has 0 radical (unpaired) electrons. The van der Waals surface area contributed by atoms with E-state index >= 15 is 0 Å². The highest BCUT2D eigenvalue weighted by Crippen LogP contribution is 2.31. The zero-order valence-corrected chi connectivity index (χ0v) is 14.1. The zero-order valence-electron chi connectivity index (χ0n) is 13.3. The number of halogens is 1. The SMILES string of the molecule is CC.CCC(C)c1c(Cl)cccc1/C=C\c1ccncc1. The van der Waals surface area contributed by atoms with Crippen LogP contribution in [0.15, 0.2) is 42.7 Å². The Morgan fingerprint density at radius 2 is 1.76 bits per heavy atom. The van der Waals surface area contributed by atoms with Gasteiger partial charge in [0.25, 0.3) is 0 Å². The highest BCUT2D eigenvalue weighted by atomic mass is 35.5. The number of benzene rings is 1. The van der Waals surface area contributed by atoms with Gasteiger partial charge in [-0.05, 0) is 47.2 Å². The summed E-state index contributed by atoms with van der Waals surface area (Å²) >= 11 is 6.34. The maximum atomic E-state index is 6.34. The molecule has 0 bridgehead atoms. The summed E-state index contributed by atoms with van der Waals surface area (Å²) in [6.07, 6.45) is 8.90. The van der Waals surface area contributed by atoms with Crippen LogP contribution in [0.4, 0.5) is 0 Å². The molecule has 1 atom stereocenters. The number of pyridine rings is 1. The first-order valence-electron chi connectivity index (χ1n) is 7.59. The maximum absolute atomic E-state index is 6.34. The summed E-state index contributed by atoms with van der Waals surface area (Å²) < 4.78 is 0. The van der Waals surface area contributed by atoms with Crippen LogP contribution < -0.4 is 0 Å². The number of hydrogen-bond donors (Lipinski definition) is 0. The van der Waals surface area contributed by atoms with E-state index in [4.69, 9.17) is 11.6 Å². The fourth-order valence-electron chi connectivity index (χ4n) is 2.08. The second kappa shape index (κ2) is 9.36. The second-order valence-electron chi connectivity index (χ2n) is 4.67. The van der Waals surface area contributed by atoms with Crippen molar-refractivity contribution in [3.8, 4) is 0 Å². The van der Waals surface area contributed by atoms with Gasteiger partial charge in [0.2, 0.25) is 0 Å². The van der Waals surface area contributed by atoms with Gasteiger partial charge in [0, 0.05) is 17.4 Å². The van der Waals surface area contributed by atoms with Gasteiger partial charge in [0.1, 0.15) is 0 Å². The van der Waals surface area contributed by atoms with Gasteiger partial charge in [-0.2, -0.15) is 0 Å². The van der Waals surface area contributed by atoms with Crippen LogP contribution in [0.1, 0.15) is 56.7 Å². The number of aromatic nitrogens is 1. The van der Waals surface area contributed by atoms with Crippen molar-refractivity contribution in [3.63, 3.8) is 0 Å². The van der Waals surface area contributed by atoms with E-state index < -0.39 is 0 Å². The normalized spacial score (nSPS) is 11.9. The van der Waals surface area contributed by atoms with Crippen molar-refractivity contribution in [2.75, 3.05) is 0 Å². The van der Waals surface area contributed by atoms with Crippen LogP contribution in [-0.4, -0.2) is 4.98 Å². The van der Waals surface area contributed by atoms with Crippen LogP contribution >= 0.6 is 11.6 Å². The van der Waals surface area contributed by atoms with Gasteiger partial charge in [-0.3, -0.25) is 4.98 Å². The van der Waals surface area contributed by atoms with Gasteiger partial charge in [-0.1, -0.05) is 63.6 Å². The summed E-state index contributed by atoms with van der Waals surface area (Å²) in [7, 11) is 0. The van der Waals surface area contributed by atoms with Gasteiger partial charge in [0.15, 0.2) is 0 Å². The predicted octanol–water partition coefficient (Wildman–Crippen LogP) is 6.45. The molecule has 1 unspecified atom stereocenters. The molecule has 0 saturated heterocycles. The van der Waals surface area contributed by atoms with E-state index in [1.165, 1.54) is 11.1 Å². The van der Waals surface area contributed by atoms with Gasteiger partial charge < -0.3 is 0 Å². The summed E-state index contributed by atoms with van der Waals surface area (Å²) in [5.41, 5.74) is 3.57. The molecule has 1 aromatic heterocycles. The minimum absolute atomic E-state index is 0.464. The van der Waals surface area contributed by atoms with Crippen LogP contribution in [0.5, 0.6) is 0 Å². The van der Waals surface area contributed by atoms with Gasteiger partial charge in [-0.25, -0.2) is 0 Å². The van der Waals surface area contributed by atoms with Gasteiger partial charge >= 0.3 is 0 Å². The molecule has 0 amide bonds. The van der Waals surface area contributed by atoms with E-state index in [1.54, 1.807) is 12.4 Å². The molecule has 0 saturated carbocycles. The maximum Gasteiger partial charge on any atom is 0.0446 e. The van der Waals surface area contributed by atoms with Crippen molar-refractivity contribution < 1.29 is 0 Å². The van der Waals surface area contributed by atoms with Crippen molar-refractivity contribution in [2.45, 2.75) is 40.0 Å². The molecule has 1 aromatic carbocycles. The summed E-state index contributed by atoms with van der Waals surface area (Å²) in [6, 6.07) is 10.1. The van der Waals surface area contributed by atoms with Crippen molar-refractivity contribution in [1.29, 1.82) is 0 Å². The lowest BCUT2D eigenvalue weighted by Gasteiger charge is -2.14. The Bertz CT molecular complexity index is 561. The molecule has 1 nitrogen and oxygen atoms in total. The largest absolute Gasteiger partial charge is 0.265 e. The first kappa shape index (κ1) is 17.5. The van der Waals surface area contributed by atoms with Crippen LogP contribution in [0.2, 0.25) is 5.02 Å². The molecule has 1 heterocycles. The summed E-state index contributed by atoms with van der Waals surface area (Å²) in [4.78, 5) is 4.02. The predicted molar refractivity (Wildman–Crippen MR) is 94.7 cm³/mol. The standard InChI is InChI=1S/C17H18ClN.C2H6/c1-3-13(2)17-15(5-4-6-16(17)18)8-7-14-9-11-19-12-10-14;1-2/h4-13H,3H2,1-2H3;1-2H3/b8-7-;. The Kier molecular flexibility index (Phi) is 7.78. The average molecular weight is 302 g/mol. The number of rotatable bonds is 4. The second-order valence-corrected chi connectivity index (χ2v) is 5.07. The van der Waals surface area contributed by atoms with Crippen molar-refractivity contribution in [2.24, 2.45) is 0 Å². The molecule has 21 heavy (non-hydrogen) atoms. The Labute approximate surface area is 133 Å². The molecule has 0 aliphatic heterocycles. The fraction of sp³-hybridized carbons (Fsp3) is 0.316. The lowest BCUT2D eigenvalue weighted by Crippen LogP contribution is -1.96. The first-order valence-corrected chi connectivity index (χ1v) is 7.96. The van der Waals surface area contributed by atoms with Crippen LogP contribution in [0.25, 0.3) is 12.2 Å². The highest BCUT2D eigenvalue weighted by molar-refractivity contribution is 6.31. The zero-order chi connectivity index (χ0) is 15.7. The highest BCUT2D eigenvalue weighted by Gasteiger charge is 2.11. The molecule has 0 spiro atoms. The Morgan fingerprint density at radius 3 is 2.38 bits per heavy atom. The third-order valence-electron chi connectivity index (χ3n) is 3.35. The number of hydrogen-bond acceptors (Lipinski definition) is 1. The summed E-state index contributed by atoms with van der Waals surface area (Å²) in [5, 5.41) is 0.853. The Morgan fingerprint density at radius 1 is 1.10 bits per heavy atom. The first-order chi connectivity index (χ1) is 10.2. The lowest BCUT2D eigenvalue weighted by molar-refractivity contribution is 0.732. The van der Waals surface area contributed by atoms with E-state index in [0.29, 0.717) is 5.92 Å². The molecule has 0 aliphatic carbocycles. The molecule has 0 aliphatic rings. The molecular formula is C19H24ClN. The molecule has 0 fully saturated rings. The monoisotopic (exact) mass is 301 g/mol. The van der Waals surface area contributed by atoms with E-state index in [1.807, 2.05) is 38.1 Å². The van der Waals surface area contributed by atoms with E-state index in [2.05, 4.69) is 37.0 Å². The van der Waals surface area contributed by atoms with E-state index in [-0.39, 0.29) is 0 Å². The van der Waals surface area contributed by atoms with Gasteiger partial charge in [0.05, 0.1) is 0 Å². The Balaban J connectivity index is 0.00000106.